The van der Waals surface area contributed by atoms with Gasteiger partial charge in [0.05, 0.1) is 18.9 Å². The fourth-order valence-electron chi connectivity index (χ4n) is 3.28. The van der Waals surface area contributed by atoms with Crippen LogP contribution in [-0.2, 0) is 0 Å². The standard InChI is InChI=1S/C22H16N2O2/c1-25-17-9-8-14-10-16(7-6-15(14)11-17)21-13-24-22(26-21)19-12-23-20-5-3-2-4-18(19)20/h2-13,23H,1H3. The van der Waals surface area contributed by atoms with Crippen molar-refractivity contribution in [1.82, 2.24) is 9.97 Å². The molecule has 0 radical (unpaired) electrons. The molecule has 0 unspecified atom stereocenters. The van der Waals surface area contributed by atoms with Gasteiger partial charge in [0.25, 0.3) is 0 Å². The fourth-order valence-corrected chi connectivity index (χ4v) is 3.28. The van der Waals surface area contributed by atoms with E-state index < -0.39 is 0 Å². The van der Waals surface area contributed by atoms with Crippen molar-refractivity contribution in [2.24, 2.45) is 0 Å². The smallest absolute Gasteiger partial charge is 0.228 e. The largest absolute Gasteiger partial charge is 0.497 e. The summed E-state index contributed by atoms with van der Waals surface area (Å²) in [5, 5.41) is 3.37. The van der Waals surface area contributed by atoms with Crippen molar-refractivity contribution >= 4 is 21.7 Å². The molecule has 26 heavy (non-hydrogen) atoms. The number of nitrogens with zero attached hydrogens (tertiary/aromatic N) is 1. The van der Waals surface area contributed by atoms with Crippen LogP contribution < -0.4 is 4.74 Å². The van der Waals surface area contributed by atoms with E-state index >= 15 is 0 Å². The lowest BCUT2D eigenvalue weighted by Gasteiger charge is -2.04. The highest BCUT2D eigenvalue weighted by Gasteiger charge is 2.13. The second-order valence-corrected chi connectivity index (χ2v) is 6.21. The molecule has 5 rings (SSSR count). The number of nitrogens with one attached hydrogen (secondary N) is 1. The molecule has 0 aliphatic heterocycles. The van der Waals surface area contributed by atoms with Crippen LogP contribution in [0.5, 0.6) is 5.75 Å². The lowest BCUT2D eigenvalue weighted by Crippen LogP contribution is -1.82. The van der Waals surface area contributed by atoms with Gasteiger partial charge in [0, 0.05) is 22.7 Å². The Labute approximate surface area is 150 Å². The summed E-state index contributed by atoms with van der Waals surface area (Å²) in [4.78, 5) is 7.74. The predicted molar refractivity (Wildman–Crippen MR) is 103 cm³/mol. The Morgan fingerprint density at radius 3 is 2.73 bits per heavy atom. The number of ether oxygens (including phenoxy) is 1. The molecule has 0 aliphatic rings. The second kappa shape index (κ2) is 5.77. The average Bonchev–Trinajstić information content (AvgIpc) is 3.34. The Kier molecular flexibility index (Phi) is 3.28. The van der Waals surface area contributed by atoms with Crippen molar-refractivity contribution < 1.29 is 9.15 Å². The summed E-state index contributed by atoms with van der Waals surface area (Å²) in [6.07, 6.45) is 3.72. The SMILES string of the molecule is COc1ccc2cc(-c3cnc(-c4c[nH]c5ccccc45)o3)ccc2c1. The molecular formula is C22H16N2O2. The van der Waals surface area contributed by atoms with Crippen LogP contribution in [0.15, 0.2) is 77.5 Å². The predicted octanol–water partition coefficient (Wildman–Crippen LogP) is 5.65. The number of benzene rings is 3. The molecule has 0 amide bonds. The monoisotopic (exact) mass is 340 g/mol. The molecule has 0 saturated carbocycles. The molecule has 1 N–H and O–H groups in total. The number of aromatic nitrogens is 2. The first kappa shape index (κ1) is 14.8. The van der Waals surface area contributed by atoms with Gasteiger partial charge in [-0.05, 0) is 35.0 Å². The van der Waals surface area contributed by atoms with Crippen LogP contribution in [0.4, 0.5) is 0 Å². The Bertz CT molecular complexity index is 1230. The molecule has 3 aromatic carbocycles. The van der Waals surface area contributed by atoms with Crippen LogP contribution in [0.2, 0.25) is 0 Å². The van der Waals surface area contributed by atoms with Crippen molar-refractivity contribution in [3.8, 4) is 28.5 Å². The highest BCUT2D eigenvalue weighted by Crippen LogP contribution is 2.32. The number of para-hydroxylation sites is 1. The number of oxazole rings is 1. The van der Waals surface area contributed by atoms with E-state index in [1.54, 1.807) is 13.3 Å². The first-order valence-electron chi connectivity index (χ1n) is 8.42. The highest BCUT2D eigenvalue weighted by molar-refractivity contribution is 5.93. The van der Waals surface area contributed by atoms with Gasteiger partial charge in [-0.25, -0.2) is 4.98 Å². The second-order valence-electron chi connectivity index (χ2n) is 6.21. The first-order chi connectivity index (χ1) is 12.8. The molecule has 0 saturated heterocycles. The van der Waals surface area contributed by atoms with E-state index in [0.29, 0.717) is 5.89 Å². The van der Waals surface area contributed by atoms with Crippen molar-refractivity contribution in [2.45, 2.75) is 0 Å². The van der Waals surface area contributed by atoms with E-state index in [4.69, 9.17) is 9.15 Å². The zero-order valence-electron chi connectivity index (χ0n) is 14.2. The van der Waals surface area contributed by atoms with E-state index in [-0.39, 0.29) is 0 Å². The van der Waals surface area contributed by atoms with Gasteiger partial charge < -0.3 is 14.1 Å². The molecule has 4 heteroatoms. The lowest BCUT2D eigenvalue weighted by molar-refractivity contribution is 0.415. The van der Waals surface area contributed by atoms with Crippen molar-refractivity contribution in [1.29, 1.82) is 0 Å². The minimum atomic E-state index is 0.618. The summed E-state index contributed by atoms with van der Waals surface area (Å²) < 4.78 is 11.3. The van der Waals surface area contributed by atoms with Crippen molar-refractivity contribution in [2.75, 3.05) is 7.11 Å². The number of rotatable bonds is 3. The van der Waals surface area contributed by atoms with Crippen LogP contribution >= 0.6 is 0 Å². The van der Waals surface area contributed by atoms with Gasteiger partial charge in [0.15, 0.2) is 5.76 Å². The summed E-state index contributed by atoms with van der Waals surface area (Å²) >= 11 is 0. The molecule has 0 bridgehead atoms. The van der Waals surface area contributed by atoms with Gasteiger partial charge in [0.2, 0.25) is 5.89 Å². The maximum absolute atomic E-state index is 6.06. The van der Waals surface area contributed by atoms with Gasteiger partial charge in [-0.3, -0.25) is 0 Å². The molecular weight excluding hydrogens is 324 g/mol. The van der Waals surface area contributed by atoms with Crippen molar-refractivity contribution in [3.63, 3.8) is 0 Å². The summed E-state index contributed by atoms with van der Waals surface area (Å²) in [6, 6.07) is 20.4. The summed E-state index contributed by atoms with van der Waals surface area (Å²) in [5.41, 5.74) is 3.04. The van der Waals surface area contributed by atoms with Crippen LogP contribution in [0.25, 0.3) is 44.5 Å². The summed E-state index contributed by atoms with van der Waals surface area (Å²) in [5.74, 6) is 2.22. The molecule has 0 fully saturated rings. The van der Waals surface area contributed by atoms with Gasteiger partial charge >= 0.3 is 0 Å². The molecule has 4 nitrogen and oxygen atoms in total. The quantitative estimate of drug-likeness (QED) is 0.461. The van der Waals surface area contributed by atoms with E-state index in [0.717, 1.165) is 44.3 Å². The maximum Gasteiger partial charge on any atom is 0.228 e. The minimum Gasteiger partial charge on any atom is -0.497 e. The molecule has 2 heterocycles. The zero-order chi connectivity index (χ0) is 17.5. The van der Waals surface area contributed by atoms with E-state index in [1.165, 1.54) is 0 Å². The molecule has 2 aromatic heterocycles. The van der Waals surface area contributed by atoms with Gasteiger partial charge in [-0.1, -0.05) is 36.4 Å². The third-order valence-electron chi connectivity index (χ3n) is 4.66. The molecule has 0 aliphatic carbocycles. The van der Waals surface area contributed by atoms with Gasteiger partial charge in [-0.2, -0.15) is 0 Å². The van der Waals surface area contributed by atoms with E-state index in [9.17, 15) is 0 Å². The summed E-state index contributed by atoms with van der Waals surface area (Å²) in [6.45, 7) is 0. The van der Waals surface area contributed by atoms with Crippen molar-refractivity contribution in [3.05, 3.63) is 73.1 Å². The molecule has 126 valence electrons. The lowest BCUT2D eigenvalue weighted by atomic mass is 10.1. The van der Waals surface area contributed by atoms with Gasteiger partial charge in [-0.15, -0.1) is 0 Å². The van der Waals surface area contributed by atoms with Crippen LogP contribution in [0.1, 0.15) is 0 Å². The Morgan fingerprint density at radius 1 is 0.962 bits per heavy atom. The Balaban J connectivity index is 1.56. The van der Waals surface area contributed by atoms with E-state index in [2.05, 4.69) is 34.2 Å². The third kappa shape index (κ3) is 2.35. The Morgan fingerprint density at radius 2 is 1.81 bits per heavy atom. The number of hydrogen-bond acceptors (Lipinski definition) is 3. The zero-order valence-corrected chi connectivity index (χ0v) is 14.2. The minimum absolute atomic E-state index is 0.618. The highest BCUT2D eigenvalue weighted by atomic mass is 16.5. The molecule has 5 aromatic rings. The number of methoxy groups -OCH3 is 1. The normalized spacial score (nSPS) is 11.3. The van der Waals surface area contributed by atoms with Crippen LogP contribution in [-0.4, -0.2) is 17.1 Å². The number of hydrogen-bond donors (Lipinski definition) is 1. The van der Waals surface area contributed by atoms with Crippen LogP contribution in [0.3, 0.4) is 0 Å². The summed E-state index contributed by atoms with van der Waals surface area (Å²) in [7, 11) is 1.68. The molecule has 0 spiro atoms. The topological polar surface area (TPSA) is 51.0 Å². The first-order valence-corrected chi connectivity index (χ1v) is 8.42. The fraction of sp³-hybridized carbons (Fsp3) is 0.0455. The number of H-pyrrole nitrogens is 1. The van der Waals surface area contributed by atoms with Gasteiger partial charge in [0.1, 0.15) is 5.75 Å². The Hall–Kier alpha value is -3.53. The number of aromatic amines is 1. The van der Waals surface area contributed by atoms with Crippen LogP contribution in [0, 0.1) is 0 Å². The molecule has 0 atom stereocenters. The van der Waals surface area contributed by atoms with E-state index in [1.807, 2.05) is 42.6 Å². The third-order valence-corrected chi connectivity index (χ3v) is 4.66. The average molecular weight is 340 g/mol. The number of fused-ring (bicyclic) bond motifs is 2. The maximum atomic E-state index is 6.06.